The Morgan fingerprint density at radius 2 is 2.45 bits per heavy atom. The zero-order valence-corrected chi connectivity index (χ0v) is 6.62. The van der Waals surface area contributed by atoms with E-state index in [-0.39, 0.29) is 6.04 Å². The van der Waals surface area contributed by atoms with Crippen LogP contribution in [-0.4, -0.2) is 17.6 Å². The van der Waals surface area contributed by atoms with Gasteiger partial charge < -0.3 is 11.1 Å². The lowest BCUT2D eigenvalue weighted by molar-refractivity contribution is 0.777. The van der Waals surface area contributed by atoms with Crippen LogP contribution in [0.5, 0.6) is 0 Å². The molecule has 3 heteroatoms. The second-order valence-corrected chi connectivity index (χ2v) is 2.57. The van der Waals surface area contributed by atoms with Crippen LogP contribution in [0, 0.1) is 0 Å². The van der Waals surface area contributed by atoms with E-state index < -0.39 is 0 Å². The van der Waals surface area contributed by atoms with Gasteiger partial charge in [0, 0.05) is 18.8 Å². The summed E-state index contributed by atoms with van der Waals surface area (Å²) in [5.74, 6) is 0.879. The minimum atomic E-state index is 0.164. The summed E-state index contributed by atoms with van der Waals surface area (Å²) in [7, 11) is 0. The first-order valence-electron chi connectivity index (χ1n) is 3.69. The van der Waals surface area contributed by atoms with Crippen molar-refractivity contribution in [2.24, 2.45) is 5.73 Å². The van der Waals surface area contributed by atoms with Gasteiger partial charge in [-0.05, 0) is 19.1 Å². The molecular weight excluding hydrogens is 138 g/mol. The molecule has 3 N–H and O–H groups in total. The second-order valence-electron chi connectivity index (χ2n) is 2.57. The van der Waals surface area contributed by atoms with Crippen molar-refractivity contribution in [1.82, 2.24) is 4.98 Å². The van der Waals surface area contributed by atoms with E-state index in [1.807, 2.05) is 25.1 Å². The number of pyridine rings is 1. The predicted molar refractivity (Wildman–Crippen MR) is 46.4 cm³/mol. The fourth-order valence-electron chi connectivity index (χ4n) is 0.733. The molecule has 0 radical (unpaired) electrons. The first kappa shape index (κ1) is 8.01. The SMILES string of the molecule is C[C@@H](N)CNc1ccccn1. The summed E-state index contributed by atoms with van der Waals surface area (Å²) < 4.78 is 0. The summed E-state index contributed by atoms with van der Waals surface area (Å²) in [6.07, 6.45) is 1.75. The third kappa shape index (κ3) is 3.00. The smallest absolute Gasteiger partial charge is 0.125 e. The Morgan fingerprint density at radius 1 is 1.64 bits per heavy atom. The lowest BCUT2D eigenvalue weighted by Crippen LogP contribution is -2.25. The lowest BCUT2D eigenvalue weighted by atomic mass is 10.3. The Morgan fingerprint density at radius 3 is 3.00 bits per heavy atom. The fraction of sp³-hybridized carbons (Fsp3) is 0.375. The van der Waals surface area contributed by atoms with Gasteiger partial charge in [0.2, 0.25) is 0 Å². The summed E-state index contributed by atoms with van der Waals surface area (Å²) in [6.45, 7) is 2.72. The monoisotopic (exact) mass is 151 g/mol. The highest BCUT2D eigenvalue weighted by Gasteiger charge is 1.93. The molecule has 0 bridgehead atoms. The maximum Gasteiger partial charge on any atom is 0.125 e. The average Bonchev–Trinajstić information content (AvgIpc) is 2.03. The largest absolute Gasteiger partial charge is 0.369 e. The van der Waals surface area contributed by atoms with Crippen molar-refractivity contribution in [2.45, 2.75) is 13.0 Å². The molecule has 0 saturated heterocycles. The maximum atomic E-state index is 5.55. The molecule has 0 unspecified atom stereocenters. The summed E-state index contributed by atoms with van der Waals surface area (Å²) in [4.78, 5) is 4.08. The molecular formula is C8H13N3. The predicted octanol–water partition coefficient (Wildman–Crippen LogP) is 0.841. The van der Waals surface area contributed by atoms with Crippen LogP contribution in [0.3, 0.4) is 0 Å². The van der Waals surface area contributed by atoms with E-state index in [0.717, 1.165) is 12.4 Å². The van der Waals surface area contributed by atoms with Crippen molar-refractivity contribution < 1.29 is 0 Å². The summed E-state index contributed by atoms with van der Waals surface area (Å²) in [5.41, 5.74) is 5.55. The minimum absolute atomic E-state index is 0.164. The summed E-state index contributed by atoms with van der Waals surface area (Å²) in [6, 6.07) is 5.91. The zero-order valence-electron chi connectivity index (χ0n) is 6.62. The van der Waals surface area contributed by atoms with E-state index >= 15 is 0 Å². The third-order valence-electron chi connectivity index (χ3n) is 1.27. The first-order chi connectivity index (χ1) is 5.29. The Balaban J connectivity index is 2.39. The quantitative estimate of drug-likeness (QED) is 0.673. The number of hydrogen-bond acceptors (Lipinski definition) is 3. The molecule has 0 saturated carbocycles. The molecule has 0 aliphatic rings. The van der Waals surface area contributed by atoms with Crippen LogP contribution in [0.25, 0.3) is 0 Å². The van der Waals surface area contributed by atoms with Gasteiger partial charge in [-0.25, -0.2) is 4.98 Å². The number of aromatic nitrogens is 1. The molecule has 60 valence electrons. The minimum Gasteiger partial charge on any atom is -0.369 e. The first-order valence-corrected chi connectivity index (χ1v) is 3.69. The summed E-state index contributed by atoms with van der Waals surface area (Å²) >= 11 is 0. The molecule has 0 amide bonds. The Hall–Kier alpha value is -1.09. The molecule has 3 nitrogen and oxygen atoms in total. The number of nitrogens with one attached hydrogen (secondary N) is 1. The standard InChI is InChI=1S/C8H13N3/c1-7(9)6-11-8-4-2-3-5-10-8/h2-5,7H,6,9H2,1H3,(H,10,11)/t7-/m1/s1. The van der Waals surface area contributed by atoms with Gasteiger partial charge >= 0.3 is 0 Å². The normalized spacial score (nSPS) is 12.5. The molecule has 0 spiro atoms. The molecule has 0 aromatic carbocycles. The number of anilines is 1. The van der Waals surface area contributed by atoms with Crippen molar-refractivity contribution in [3.63, 3.8) is 0 Å². The van der Waals surface area contributed by atoms with Gasteiger partial charge in [0.1, 0.15) is 5.82 Å². The van der Waals surface area contributed by atoms with Gasteiger partial charge in [0.25, 0.3) is 0 Å². The molecule has 1 heterocycles. The fourth-order valence-corrected chi connectivity index (χ4v) is 0.733. The van der Waals surface area contributed by atoms with Gasteiger partial charge in [-0.15, -0.1) is 0 Å². The highest BCUT2D eigenvalue weighted by molar-refractivity contribution is 5.33. The van der Waals surface area contributed by atoms with Crippen LogP contribution in [-0.2, 0) is 0 Å². The van der Waals surface area contributed by atoms with E-state index in [9.17, 15) is 0 Å². The van der Waals surface area contributed by atoms with Crippen LogP contribution in [0.4, 0.5) is 5.82 Å². The molecule has 0 aliphatic heterocycles. The maximum absolute atomic E-state index is 5.55. The molecule has 0 fully saturated rings. The number of rotatable bonds is 3. The topological polar surface area (TPSA) is 50.9 Å². The van der Waals surface area contributed by atoms with Crippen LogP contribution >= 0.6 is 0 Å². The van der Waals surface area contributed by atoms with E-state index in [1.165, 1.54) is 0 Å². The van der Waals surface area contributed by atoms with Gasteiger partial charge in [-0.1, -0.05) is 6.07 Å². The molecule has 1 aromatic rings. The van der Waals surface area contributed by atoms with Crippen LogP contribution in [0.15, 0.2) is 24.4 Å². The average molecular weight is 151 g/mol. The molecule has 1 atom stereocenters. The van der Waals surface area contributed by atoms with E-state index in [0.29, 0.717) is 0 Å². The number of nitrogens with two attached hydrogens (primary N) is 1. The van der Waals surface area contributed by atoms with Crippen LogP contribution in [0.2, 0.25) is 0 Å². The Kier molecular flexibility index (Phi) is 2.86. The summed E-state index contributed by atoms with van der Waals surface area (Å²) in [5, 5.41) is 3.11. The van der Waals surface area contributed by atoms with Gasteiger partial charge in [-0.2, -0.15) is 0 Å². The lowest BCUT2D eigenvalue weighted by Gasteiger charge is -2.06. The van der Waals surface area contributed by atoms with Crippen molar-refractivity contribution >= 4 is 5.82 Å². The van der Waals surface area contributed by atoms with E-state index in [1.54, 1.807) is 6.20 Å². The molecule has 0 aliphatic carbocycles. The van der Waals surface area contributed by atoms with Crippen LogP contribution in [0.1, 0.15) is 6.92 Å². The molecule has 11 heavy (non-hydrogen) atoms. The third-order valence-corrected chi connectivity index (χ3v) is 1.27. The number of hydrogen-bond donors (Lipinski definition) is 2. The Labute approximate surface area is 66.6 Å². The van der Waals surface area contributed by atoms with Crippen molar-refractivity contribution in [3.8, 4) is 0 Å². The zero-order chi connectivity index (χ0) is 8.10. The van der Waals surface area contributed by atoms with Crippen LogP contribution < -0.4 is 11.1 Å². The highest BCUT2D eigenvalue weighted by Crippen LogP contribution is 1.98. The second kappa shape index (κ2) is 3.93. The molecule has 1 aromatic heterocycles. The Bertz CT molecular complexity index is 196. The van der Waals surface area contributed by atoms with Gasteiger partial charge in [0.15, 0.2) is 0 Å². The highest BCUT2D eigenvalue weighted by atomic mass is 15.0. The van der Waals surface area contributed by atoms with Gasteiger partial charge in [-0.3, -0.25) is 0 Å². The van der Waals surface area contributed by atoms with Crippen molar-refractivity contribution in [1.29, 1.82) is 0 Å². The van der Waals surface area contributed by atoms with E-state index in [2.05, 4.69) is 10.3 Å². The molecule has 1 rings (SSSR count). The van der Waals surface area contributed by atoms with Gasteiger partial charge in [0.05, 0.1) is 0 Å². The number of nitrogens with zero attached hydrogens (tertiary/aromatic N) is 1. The van der Waals surface area contributed by atoms with E-state index in [4.69, 9.17) is 5.73 Å². The van der Waals surface area contributed by atoms with Crippen molar-refractivity contribution in [2.75, 3.05) is 11.9 Å². The van der Waals surface area contributed by atoms with Crippen molar-refractivity contribution in [3.05, 3.63) is 24.4 Å².